The Kier molecular flexibility index (Phi) is 15.0. The highest BCUT2D eigenvalue weighted by molar-refractivity contribution is 6.30. The maximum absolute atomic E-state index is 13.6. The third kappa shape index (κ3) is 10.4. The number of alkyl carbamates (subject to hydrolysis) is 2. The molecule has 0 unspecified atom stereocenters. The molecule has 6 rings (SSSR count). The molecule has 0 radical (unpaired) electrons. The van der Waals surface area contributed by atoms with E-state index < -0.39 is 36.4 Å². The first-order valence-electron chi connectivity index (χ1n) is 21.4. The van der Waals surface area contributed by atoms with Gasteiger partial charge in [-0.05, 0) is 110 Å². The molecule has 3 fully saturated rings. The molecule has 0 aromatic heterocycles. The maximum atomic E-state index is 13.6. The smallest absolute Gasteiger partial charge is 0.407 e. The number of nitrogens with zero attached hydrogens (tertiary/aromatic N) is 3. The highest BCUT2D eigenvalue weighted by Gasteiger charge is 2.41. The monoisotopic (exact) mass is 871 g/mol. The van der Waals surface area contributed by atoms with Crippen molar-refractivity contribution in [3.8, 4) is 0 Å². The summed E-state index contributed by atoms with van der Waals surface area (Å²) < 4.78 is 9.45. The molecular weight excluding hydrogens is 814 g/mol. The lowest BCUT2D eigenvalue weighted by Gasteiger charge is -2.33. The Morgan fingerprint density at radius 1 is 0.581 bits per heavy atom. The van der Waals surface area contributed by atoms with E-state index in [2.05, 4.69) is 26.2 Å². The number of methoxy groups -OCH3 is 2. The van der Waals surface area contributed by atoms with Crippen LogP contribution >= 0.6 is 11.6 Å². The van der Waals surface area contributed by atoms with E-state index in [-0.39, 0.29) is 47.5 Å². The highest BCUT2D eigenvalue weighted by Crippen LogP contribution is 2.47. The fourth-order valence-electron chi connectivity index (χ4n) is 8.83. The SMILES string of the molecule is COC(=O)N[C@H](C(=O)N1CCC[C@H]1C(=O)Nc1ccc([C@H]2CC[C@H](c3ccc(NC(=O)[C@@H]4CCCN4C(=O)[C@@H](NC(=O)OC)C(C)C)cc3)N2c2ccc(Cl)cc2)cc1)C(C)C. The van der Waals surface area contributed by atoms with E-state index in [0.29, 0.717) is 55.2 Å². The zero-order valence-electron chi connectivity index (χ0n) is 36.2. The second kappa shape index (κ2) is 20.4. The average Bonchev–Trinajstić information content (AvgIpc) is 4.06. The molecule has 0 spiro atoms. The number of benzene rings is 3. The van der Waals surface area contributed by atoms with Crippen LogP contribution in [0.2, 0.25) is 5.02 Å². The number of carbonyl (C=O) groups is 6. The van der Waals surface area contributed by atoms with Crippen molar-refractivity contribution < 1.29 is 38.2 Å². The molecule has 3 aromatic carbocycles. The largest absolute Gasteiger partial charge is 0.453 e. The summed E-state index contributed by atoms with van der Waals surface area (Å²) in [6.07, 6.45) is 2.68. The highest BCUT2D eigenvalue weighted by atomic mass is 35.5. The van der Waals surface area contributed by atoms with Gasteiger partial charge in [-0.15, -0.1) is 0 Å². The number of hydrogen-bond donors (Lipinski definition) is 4. The number of likely N-dealkylation sites (tertiary alicyclic amines) is 2. The Morgan fingerprint density at radius 2 is 0.968 bits per heavy atom. The van der Waals surface area contributed by atoms with E-state index >= 15 is 0 Å². The molecule has 0 saturated carbocycles. The van der Waals surface area contributed by atoms with Crippen molar-refractivity contribution in [3.05, 3.63) is 88.9 Å². The third-order valence-electron chi connectivity index (χ3n) is 12.1. The van der Waals surface area contributed by atoms with E-state index in [9.17, 15) is 28.8 Å². The first-order chi connectivity index (χ1) is 29.7. The maximum Gasteiger partial charge on any atom is 0.407 e. The van der Waals surface area contributed by atoms with E-state index in [1.54, 1.807) is 9.80 Å². The first-order valence-corrected chi connectivity index (χ1v) is 21.7. The predicted molar refractivity (Wildman–Crippen MR) is 237 cm³/mol. The number of nitrogens with one attached hydrogen (secondary N) is 4. The van der Waals surface area contributed by atoms with E-state index in [1.165, 1.54) is 14.2 Å². The minimum absolute atomic E-state index is 0.00208. The zero-order chi connectivity index (χ0) is 44.7. The number of anilines is 3. The summed E-state index contributed by atoms with van der Waals surface area (Å²) in [5.41, 5.74) is 4.34. The van der Waals surface area contributed by atoms with E-state index in [0.717, 1.165) is 29.7 Å². The predicted octanol–water partition coefficient (Wildman–Crippen LogP) is 7.04. The lowest BCUT2D eigenvalue weighted by atomic mass is 10.0. The summed E-state index contributed by atoms with van der Waals surface area (Å²) in [4.78, 5) is 83.6. The number of hydrogen-bond acceptors (Lipinski definition) is 9. The molecule has 3 aliphatic rings. The molecule has 62 heavy (non-hydrogen) atoms. The molecule has 3 heterocycles. The van der Waals surface area contributed by atoms with Gasteiger partial charge in [-0.3, -0.25) is 19.2 Å². The Bertz CT molecular complexity index is 1960. The fourth-order valence-corrected chi connectivity index (χ4v) is 8.96. The fraction of sp³-hybridized carbons (Fsp3) is 0.478. The molecule has 332 valence electrons. The molecule has 6 atom stereocenters. The minimum atomic E-state index is -0.817. The summed E-state index contributed by atoms with van der Waals surface area (Å²) >= 11 is 6.33. The Morgan fingerprint density at radius 3 is 1.32 bits per heavy atom. The number of ether oxygens (including phenoxy) is 2. The lowest BCUT2D eigenvalue weighted by Crippen LogP contribution is -2.54. The molecular formula is C46H58ClN7O8. The number of amides is 6. The molecule has 6 amide bonds. The molecule has 3 aromatic rings. The second-order valence-electron chi connectivity index (χ2n) is 16.8. The van der Waals surface area contributed by atoms with Gasteiger partial charge >= 0.3 is 12.2 Å². The van der Waals surface area contributed by atoms with Gasteiger partial charge in [0, 0.05) is 35.2 Å². The van der Waals surface area contributed by atoms with Gasteiger partial charge in [-0.1, -0.05) is 63.6 Å². The number of rotatable bonds is 13. The van der Waals surface area contributed by atoms with Crippen molar-refractivity contribution in [3.63, 3.8) is 0 Å². The molecule has 15 nitrogen and oxygen atoms in total. The van der Waals surface area contributed by atoms with Crippen LogP contribution in [0.15, 0.2) is 72.8 Å². The third-order valence-corrected chi connectivity index (χ3v) is 12.3. The summed E-state index contributed by atoms with van der Waals surface area (Å²) in [5, 5.41) is 11.9. The van der Waals surface area contributed by atoms with Gasteiger partial charge in [-0.2, -0.15) is 0 Å². The van der Waals surface area contributed by atoms with Gasteiger partial charge in [-0.25, -0.2) is 9.59 Å². The normalized spacial score (nSPS) is 20.8. The summed E-state index contributed by atoms with van der Waals surface area (Å²) in [7, 11) is 2.49. The van der Waals surface area contributed by atoms with E-state index in [1.807, 2.05) is 100 Å². The number of halogens is 1. The van der Waals surface area contributed by atoms with Gasteiger partial charge in [0.25, 0.3) is 0 Å². The molecule has 3 aliphatic heterocycles. The Hall–Kier alpha value is -5.83. The van der Waals surface area contributed by atoms with Crippen molar-refractivity contribution in [2.45, 2.75) is 102 Å². The lowest BCUT2D eigenvalue weighted by molar-refractivity contribution is -0.139. The molecule has 16 heteroatoms. The Balaban J connectivity index is 1.13. The van der Waals surface area contributed by atoms with Gasteiger partial charge in [0.2, 0.25) is 23.6 Å². The van der Waals surface area contributed by atoms with Crippen molar-refractivity contribution in [2.24, 2.45) is 11.8 Å². The van der Waals surface area contributed by atoms with Crippen molar-refractivity contribution >= 4 is 64.5 Å². The molecule has 4 N–H and O–H groups in total. The van der Waals surface area contributed by atoms with Gasteiger partial charge in [0.15, 0.2) is 0 Å². The Labute approximate surface area is 368 Å². The molecule has 3 saturated heterocycles. The summed E-state index contributed by atoms with van der Waals surface area (Å²) in [5.74, 6) is -1.60. The molecule has 0 bridgehead atoms. The summed E-state index contributed by atoms with van der Waals surface area (Å²) in [6, 6.07) is 20.4. The van der Waals surface area contributed by atoms with Crippen LogP contribution in [0.4, 0.5) is 26.7 Å². The van der Waals surface area contributed by atoms with E-state index in [4.69, 9.17) is 21.1 Å². The van der Waals surface area contributed by atoms with Crippen LogP contribution in [0.25, 0.3) is 0 Å². The van der Waals surface area contributed by atoms with Crippen LogP contribution in [-0.4, -0.2) is 97.1 Å². The van der Waals surface area contributed by atoms with Gasteiger partial charge < -0.3 is 45.4 Å². The van der Waals surface area contributed by atoms with Crippen molar-refractivity contribution in [1.82, 2.24) is 20.4 Å². The van der Waals surface area contributed by atoms with Gasteiger partial charge in [0.1, 0.15) is 24.2 Å². The quantitative estimate of drug-likeness (QED) is 0.140. The minimum Gasteiger partial charge on any atom is -0.453 e. The second-order valence-corrected chi connectivity index (χ2v) is 17.2. The van der Waals surface area contributed by atoms with Crippen molar-refractivity contribution in [2.75, 3.05) is 42.8 Å². The topological polar surface area (TPSA) is 179 Å². The first kappa shape index (κ1) is 45.7. The average molecular weight is 872 g/mol. The van der Waals surface area contributed by atoms with Crippen molar-refractivity contribution in [1.29, 1.82) is 0 Å². The van der Waals surface area contributed by atoms with Crippen LogP contribution in [-0.2, 0) is 28.7 Å². The zero-order valence-corrected chi connectivity index (χ0v) is 36.9. The number of carbonyl (C=O) groups excluding carboxylic acids is 6. The summed E-state index contributed by atoms with van der Waals surface area (Å²) in [6.45, 7) is 8.17. The molecule has 0 aliphatic carbocycles. The van der Waals surface area contributed by atoms with Crippen LogP contribution < -0.4 is 26.2 Å². The van der Waals surface area contributed by atoms with Crippen LogP contribution in [0.3, 0.4) is 0 Å². The standard InChI is InChI=1S/C46H58ClN7O8/c1-27(2)39(50-45(59)61-5)43(57)52-25-7-9-37(52)41(55)48-32-17-11-29(12-18-32)35-23-24-36(54(35)34-21-15-31(47)16-22-34)30-13-19-33(20-14-30)49-42(56)38-10-8-26-53(38)44(58)40(28(3)4)51-46(60)62-6/h11-22,27-28,35-40H,7-10,23-26H2,1-6H3,(H,48,55)(H,49,56)(H,50,59)(H,51,60)/t35-,36-,37+,38+,39+,40+/m1/s1. The van der Waals surface area contributed by atoms with Crippen LogP contribution in [0.5, 0.6) is 0 Å². The van der Waals surface area contributed by atoms with Crippen LogP contribution in [0, 0.1) is 11.8 Å². The van der Waals surface area contributed by atoms with Gasteiger partial charge in [0.05, 0.1) is 26.3 Å². The van der Waals surface area contributed by atoms with Crippen LogP contribution in [0.1, 0.15) is 89.4 Å².